The molecule has 2 aliphatic heterocycles. The number of benzene rings is 3. The van der Waals surface area contributed by atoms with E-state index in [0.29, 0.717) is 27.7 Å². The number of alkyl halides is 3. The lowest BCUT2D eigenvalue weighted by Gasteiger charge is -2.36. The van der Waals surface area contributed by atoms with Gasteiger partial charge in [0.15, 0.2) is 23.3 Å². The van der Waals surface area contributed by atoms with Gasteiger partial charge in [-0.15, -0.1) is 0 Å². The lowest BCUT2D eigenvalue weighted by molar-refractivity contribution is -0.260. The Morgan fingerprint density at radius 3 is 2.36 bits per heavy atom. The van der Waals surface area contributed by atoms with Crippen LogP contribution < -0.4 is 15.2 Å². The molecule has 0 radical (unpaired) electrons. The average Bonchev–Trinajstić information content (AvgIpc) is 3.42. The summed E-state index contributed by atoms with van der Waals surface area (Å²) in [6, 6.07) is 20.0. The van der Waals surface area contributed by atoms with Gasteiger partial charge in [-0.2, -0.15) is 13.2 Å². The number of nitrogens with two attached hydrogens (primary N) is 1. The van der Waals surface area contributed by atoms with Gasteiger partial charge in [-0.1, -0.05) is 59.7 Å². The molecule has 2 atom stereocenters. The van der Waals surface area contributed by atoms with Crippen molar-refractivity contribution in [1.82, 2.24) is 9.96 Å². The van der Waals surface area contributed by atoms with Crippen molar-refractivity contribution in [3.8, 4) is 22.6 Å². The van der Waals surface area contributed by atoms with E-state index in [0.717, 1.165) is 4.90 Å². The molecule has 0 saturated carbocycles. The van der Waals surface area contributed by atoms with Crippen molar-refractivity contribution < 1.29 is 37.1 Å². The fourth-order valence-electron chi connectivity index (χ4n) is 4.44. The molecule has 1 saturated heterocycles. The van der Waals surface area contributed by atoms with Crippen molar-refractivity contribution in [2.75, 3.05) is 13.8 Å². The number of hydrogen-bond donors (Lipinski definition) is 1. The summed E-state index contributed by atoms with van der Waals surface area (Å²) in [5.41, 5.74) is 6.01. The van der Waals surface area contributed by atoms with E-state index in [2.05, 4.69) is 0 Å². The standard InChI is InChI=1S/C25H20F3N3O5/c1-30-21(32)24(17-7-3-2-4-8-17,31(23(30)29)36-22(33)25(26,27)28)18-9-5-6-15(12-18)16-10-11-19-20(13-16)35-14-34-19/h2-13,23H,14,29H2,1H3. The third-order valence-corrected chi connectivity index (χ3v) is 6.19. The summed E-state index contributed by atoms with van der Waals surface area (Å²) in [5.74, 6) is -2.04. The van der Waals surface area contributed by atoms with Crippen molar-refractivity contribution in [2.45, 2.75) is 18.0 Å². The first-order valence-corrected chi connectivity index (χ1v) is 10.8. The fourth-order valence-corrected chi connectivity index (χ4v) is 4.44. The van der Waals surface area contributed by atoms with Crippen LogP contribution in [0, 0.1) is 0 Å². The van der Waals surface area contributed by atoms with E-state index in [-0.39, 0.29) is 17.9 Å². The highest BCUT2D eigenvalue weighted by molar-refractivity contribution is 5.94. The second-order valence-electron chi connectivity index (χ2n) is 8.26. The summed E-state index contributed by atoms with van der Waals surface area (Å²) in [6.45, 7) is 0.0915. The SMILES string of the molecule is CN1C(=O)C(c2ccccc2)(c2cccc(-c3ccc4c(c3)OCO4)c2)N(OC(=O)C(F)(F)F)C1N. The van der Waals surface area contributed by atoms with Crippen molar-refractivity contribution in [3.05, 3.63) is 83.9 Å². The van der Waals surface area contributed by atoms with Crippen LogP contribution >= 0.6 is 0 Å². The molecule has 2 N–H and O–H groups in total. The topological polar surface area (TPSA) is 94.3 Å². The lowest BCUT2D eigenvalue weighted by atomic mass is 9.81. The number of carbonyl (C=O) groups excluding carboxylic acids is 2. The molecule has 2 unspecified atom stereocenters. The Morgan fingerprint density at radius 1 is 0.972 bits per heavy atom. The summed E-state index contributed by atoms with van der Waals surface area (Å²) >= 11 is 0. The van der Waals surface area contributed by atoms with Gasteiger partial charge in [-0.05, 0) is 40.5 Å². The zero-order chi connectivity index (χ0) is 25.7. The van der Waals surface area contributed by atoms with Crippen molar-refractivity contribution in [1.29, 1.82) is 0 Å². The van der Waals surface area contributed by atoms with Crippen LogP contribution in [0.1, 0.15) is 11.1 Å². The van der Waals surface area contributed by atoms with Crippen LogP contribution in [-0.4, -0.2) is 48.1 Å². The lowest BCUT2D eigenvalue weighted by Crippen LogP contribution is -2.53. The zero-order valence-electron chi connectivity index (χ0n) is 18.9. The van der Waals surface area contributed by atoms with Crippen LogP contribution in [-0.2, 0) is 20.0 Å². The predicted octanol–water partition coefficient (Wildman–Crippen LogP) is 3.36. The summed E-state index contributed by atoms with van der Waals surface area (Å²) in [5, 5.41) is 0.610. The normalized spacial score (nSPS) is 21.6. The molecule has 8 nitrogen and oxygen atoms in total. The van der Waals surface area contributed by atoms with Crippen molar-refractivity contribution in [2.24, 2.45) is 5.73 Å². The molecule has 1 fully saturated rings. The van der Waals surface area contributed by atoms with E-state index in [9.17, 15) is 22.8 Å². The number of amides is 1. The van der Waals surface area contributed by atoms with Crippen molar-refractivity contribution >= 4 is 11.9 Å². The minimum Gasteiger partial charge on any atom is -0.454 e. The molecule has 36 heavy (non-hydrogen) atoms. The van der Waals surface area contributed by atoms with Crippen LogP contribution in [0.2, 0.25) is 0 Å². The summed E-state index contributed by atoms with van der Waals surface area (Å²) < 4.78 is 50.4. The molecule has 0 aliphatic carbocycles. The van der Waals surface area contributed by atoms with E-state index in [1.807, 2.05) is 0 Å². The summed E-state index contributed by atoms with van der Waals surface area (Å²) in [7, 11) is 1.33. The summed E-state index contributed by atoms with van der Waals surface area (Å²) in [6.07, 6.45) is -6.79. The second-order valence-corrected chi connectivity index (χ2v) is 8.26. The molecule has 3 aromatic carbocycles. The predicted molar refractivity (Wildman–Crippen MR) is 120 cm³/mol. The van der Waals surface area contributed by atoms with Gasteiger partial charge in [0, 0.05) is 7.05 Å². The van der Waals surface area contributed by atoms with E-state index in [1.165, 1.54) is 7.05 Å². The maximum absolute atomic E-state index is 13.8. The van der Waals surface area contributed by atoms with E-state index in [1.54, 1.807) is 72.8 Å². The number of fused-ring (bicyclic) bond motifs is 1. The molecular formula is C25H20F3N3O5. The molecular weight excluding hydrogens is 479 g/mol. The highest BCUT2D eigenvalue weighted by Gasteiger charge is 2.61. The third-order valence-electron chi connectivity index (χ3n) is 6.19. The number of hydrogen-bond acceptors (Lipinski definition) is 7. The molecule has 3 aromatic rings. The van der Waals surface area contributed by atoms with Gasteiger partial charge in [0.2, 0.25) is 6.79 Å². The molecule has 0 spiro atoms. The van der Waals surface area contributed by atoms with Gasteiger partial charge < -0.3 is 19.2 Å². The van der Waals surface area contributed by atoms with E-state index < -0.39 is 29.9 Å². The monoisotopic (exact) mass is 499 g/mol. The number of likely N-dealkylation sites (N-methyl/N-ethyl adjacent to an activating group) is 1. The number of nitrogens with zero attached hydrogens (tertiary/aromatic N) is 2. The highest BCUT2D eigenvalue weighted by Crippen LogP contribution is 2.45. The van der Waals surface area contributed by atoms with Gasteiger partial charge in [-0.3, -0.25) is 10.5 Å². The largest absolute Gasteiger partial charge is 0.492 e. The number of ether oxygens (including phenoxy) is 2. The molecule has 0 aromatic heterocycles. The Labute approximate surface area is 203 Å². The minimum absolute atomic E-state index is 0.0915. The Kier molecular flexibility index (Phi) is 5.61. The van der Waals surface area contributed by atoms with Crippen molar-refractivity contribution in [3.63, 3.8) is 0 Å². The molecule has 5 rings (SSSR count). The van der Waals surface area contributed by atoms with Gasteiger partial charge in [0.05, 0.1) is 0 Å². The minimum atomic E-state index is -5.30. The molecule has 0 bridgehead atoms. The number of hydroxylamine groups is 2. The molecule has 186 valence electrons. The molecule has 1 amide bonds. The quantitative estimate of drug-likeness (QED) is 0.588. The zero-order valence-corrected chi connectivity index (χ0v) is 18.9. The third kappa shape index (κ3) is 3.64. The molecule has 2 heterocycles. The first-order valence-electron chi connectivity index (χ1n) is 10.8. The number of carbonyl (C=O) groups is 2. The Bertz CT molecular complexity index is 1330. The smallest absolute Gasteiger partial charge is 0.454 e. The number of halogens is 3. The number of rotatable bonds is 4. The van der Waals surface area contributed by atoms with Gasteiger partial charge in [-0.25, -0.2) is 4.79 Å². The first kappa shape index (κ1) is 23.6. The van der Waals surface area contributed by atoms with Crippen LogP contribution in [0.5, 0.6) is 11.5 Å². The highest BCUT2D eigenvalue weighted by atomic mass is 19.4. The van der Waals surface area contributed by atoms with Gasteiger partial charge >= 0.3 is 12.1 Å². The van der Waals surface area contributed by atoms with Crippen LogP contribution in [0.4, 0.5) is 13.2 Å². The van der Waals surface area contributed by atoms with Crippen LogP contribution in [0.3, 0.4) is 0 Å². The summed E-state index contributed by atoms with van der Waals surface area (Å²) in [4.78, 5) is 31.5. The molecule has 11 heteroatoms. The second kappa shape index (κ2) is 8.54. The van der Waals surface area contributed by atoms with Gasteiger partial charge in [0.1, 0.15) is 0 Å². The Hall–Kier alpha value is -4.09. The Balaban J connectivity index is 1.70. The van der Waals surface area contributed by atoms with Crippen LogP contribution in [0.15, 0.2) is 72.8 Å². The maximum Gasteiger partial charge on any atom is 0.492 e. The fraction of sp³-hybridized carbons (Fsp3) is 0.200. The maximum atomic E-state index is 13.8. The van der Waals surface area contributed by atoms with E-state index in [4.69, 9.17) is 20.0 Å². The van der Waals surface area contributed by atoms with Gasteiger partial charge in [0.25, 0.3) is 5.91 Å². The first-order chi connectivity index (χ1) is 17.1. The Morgan fingerprint density at radius 2 is 1.64 bits per heavy atom. The average molecular weight is 499 g/mol. The van der Waals surface area contributed by atoms with Crippen LogP contribution in [0.25, 0.3) is 11.1 Å². The molecule has 2 aliphatic rings. The van der Waals surface area contributed by atoms with E-state index >= 15 is 0 Å².